The van der Waals surface area contributed by atoms with Gasteiger partial charge < -0.3 is 9.64 Å². The van der Waals surface area contributed by atoms with Gasteiger partial charge in [-0.15, -0.1) is 0 Å². The van der Waals surface area contributed by atoms with Crippen LogP contribution in [0.3, 0.4) is 0 Å². The van der Waals surface area contributed by atoms with E-state index in [4.69, 9.17) is 10.00 Å². The number of benzene rings is 1. The van der Waals surface area contributed by atoms with E-state index in [9.17, 15) is 0 Å². The van der Waals surface area contributed by atoms with Gasteiger partial charge in [-0.05, 0) is 18.6 Å². The molecule has 0 saturated heterocycles. The minimum Gasteiger partial charge on any atom is -0.491 e. The van der Waals surface area contributed by atoms with Crippen LogP contribution in [-0.4, -0.2) is 23.1 Å². The molecule has 0 spiro atoms. The zero-order chi connectivity index (χ0) is 13.1. The van der Waals surface area contributed by atoms with Gasteiger partial charge in [0.1, 0.15) is 11.8 Å². The zero-order valence-corrected chi connectivity index (χ0v) is 10.3. The maximum Gasteiger partial charge on any atom is 0.158 e. The maximum absolute atomic E-state index is 8.76. The van der Waals surface area contributed by atoms with Crippen LogP contribution in [0.2, 0.25) is 0 Å². The molecular weight excluding hydrogens is 240 g/mol. The second-order valence-electron chi connectivity index (χ2n) is 4.19. The fourth-order valence-corrected chi connectivity index (χ4v) is 2.08. The van der Waals surface area contributed by atoms with Crippen LogP contribution in [0.25, 0.3) is 0 Å². The van der Waals surface area contributed by atoms with E-state index in [1.54, 1.807) is 6.20 Å². The van der Waals surface area contributed by atoms with Crippen molar-refractivity contribution in [1.82, 2.24) is 9.97 Å². The monoisotopic (exact) mass is 252 g/mol. The molecule has 3 rings (SSSR count). The Morgan fingerprint density at radius 3 is 2.89 bits per heavy atom. The summed E-state index contributed by atoms with van der Waals surface area (Å²) in [5.74, 6) is 1.59. The number of nitrogens with zero attached hydrogens (tertiary/aromatic N) is 4. The Hall–Kier alpha value is -2.61. The summed E-state index contributed by atoms with van der Waals surface area (Å²) in [6, 6.07) is 9.84. The summed E-state index contributed by atoms with van der Waals surface area (Å²) in [5.41, 5.74) is 1.31. The molecule has 1 aromatic carbocycles. The second-order valence-corrected chi connectivity index (χ2v) is 4.19. The van der Waals surface area contributed by atoms with Crippen molar-refractivity contribution >= 4 is 11.5 Å². The van der Waals surface area contributed by atoms with Gasteiger partial charge in [0.15, 0.2) is 11.5 Å². The summed E-state index contributed by atoms with van der Waals surface area (Å²) in [6.45, 7) is 1.51. The van der Waals surface area contributed by atoms with Crippen molar-refractivity contribution in [3.05, 3.63) is 42.4 Å². The Bertz CT molecular complexity index is 618. The summed E-state index contributed by atoms with van der Waals surface area (Å²) < 4.78 is 5.70. The van der Waals surface area contributed by atoms with Crippen LogP contribution < -0.4 is 9.64 Å². The van der Waals surface area contributed by atoms with Gasteiger partial charge in [0, 0.05) is 6.54 Å². The standard InChI is InChI=1S/C14H12N4O/c15-8-11-9-17-14(10-16-11)18-6-3-7-19-13-5-2-1-4-12(13)18/h1-2,4-5,9-10H,3,6-7H2. The minimum atomic E-state index is 0.322. The first-order chi connectivity index (χ1) is 9.38. The Labute approximate surface area is 111 Å². The minimum absolute atomic E-state index is 0.322. The summed E-state index contributed by atoms with van der Waals surface area (Å²) in [6.07, 6.45) is 4.03. The van der Waals surface area contributed by atoms with Crippen molar-refractivity contribution in [2.75, 3.05) is 18.1 Å². The third-order valence-corrected chi connectivity index (χ3v) is 2.97. The number of anilines is 2. The molecule has 0 aliphatic carbocycles. The highest BCUT2D eigenvalue weighted by atomic mass is 16.5. The molecule has 0 bridgehead atoms. The molecule has 0 saturated carbocycles. The number of para-hydroxylation sites is 2. The lowest BCUT2D eigenvalue weighted by atomic mass is 10.2. The van der Waals surface area contributed by atoms with Gasteiger partial charge in [-0.2, -0.15) is 5.26 Å². The van der Waals surface area contributed by atoms with Crippen LogP contribution in [0.5, 0.6) is 5.75 Å². The average Bonchev–Trinajstić information content (AvgIpc) is 2.70. The molecule has 0 unspecified atom stereocenters. The molecule has 0 fully saturated rings. The van der Waals surface area contributed by atoms with Gasteiger partial charge in [0.05, 0.1) is 24.7 Å². The molecule has 5 heteroatoms. The molecule has 0 N–H and O–H groups in total. The first kappa shape index (κ1) is 11.5. The molecule has 1 aliphatic rings. The van der Waals surface area contributed by atoms with E-state index in [-0.39, 0.29) is 0 Å². The van der Waals surface area contributed by atoms with E-state index >= 15 is 0 Å². The van der Waals surface area contributed by atoms with Gasteiger partial charge >= 0.3 is 0 Å². The fraction of sp³-hybridized carbons (Fsp3) is 0.214. The van der Waals surface area contributed by atoms with Gasteiger partial charge in [-0.25, -0.2) is 9.97 Å². The molecule has 1 aromatic heterocycles. The topological polar surface area (TPSA) is 62.0 Å². The van der Waals surface area contributed by atoms with Gasteiger partial charge in [0.2, 0.25) is 0 Å². The molecular formula is C14H12N4O. The Kier molecular flexibility index (Phi) is 2.99. The number of ether oxygens (including phenoxy) is 1. The number of aromatic nitrogens is 2. The Morgan fingerprint density at radius 1 is 1.21 bits per heavy atom. The van der Waals surface area contributed by atoms with Crippen LogP contribution in [0.4, 0.5) is 11.5 Å². The largest absolute Gasteiger partial charge is 0.491 e. The number of hydrogen-bond acceptors (Lipinski definition) is 5. The van der Waals surface area contributed by atoms with Crippen LogP contribution in [0.1, 0.15) is 12.1 Å². The van der Waals surface area contributed by atoms with Gasteiger partial charge in [0.25, 0.3) is 0 Å². The zero-order valence-electron chi connectivity index (χ0n) is 10.3. The normalized spacial score (nSPS) is 13.9. The SMILES string of the molecule is N#Cc1cnc(N2CCCOc3ccccc32)cn1. The quantitative estimate of drug-likeness (QED) is 0.779. The highest BCUT2D eigenvalue weighted by Crippen LogP contribution is 2.34. The third-order valence-electron chi connectivity index (χ3n) is 2.97. The molecule has 94 valence electrons. The van der Waals surface area contributed by atoms with Gasteiger partial charge in [-0.3, -0.25) is 0 Å². The molecule has 0 radical (unpaired) electrons. The highest BCUT2D eigenvalue weighted by Gasteiger charge is 2.18. The van der Waals surface area contributed by atoms with Crippen molar-refractivity contribution in [3.63, 3.8) is 0 Å². The molecule has 0 amide bonds. The average molecular weight is 252 g/mol. The van der Waals surface area contributed by atoms with Crippen LogP contribution >= 0.6 is 0 Å². The van der Waals surface area contributed by atoms with Crippen molar-refractivity contribution in [3.8, 4) is 11.8 Å². The van der Waals surface area contributed by atoms with Crippen molar-refractivity contribution in [2.24, 2.45) is 0 Å². The van der Waals surface area contributed by atoms with E-state index in [0.29, 0.717) is 12.3 Å². The van der Waals surface area contributed by atoms with E-state index in [0.717, 1.165) is 30.2 Å². The second kappa shape index (κ2) is 4.94. The lowest BCUT2D eigenvalue weighted by Crippen LogP contribution is -2.19. The Morgan fingerprint density at radius 2 is 2.11 bits per heavy atom. The van der Waals surface area contributed by atoms with Crippen molar-refractivity contribution in [2.45, 2.75) is 6.42 Å². The smallest absolute Gasteiger partial charge is 0.158 e. The van der Waals surface area contributed by atoms with E-state index < -0.39 is 0 Å². The number of hydrogen-bond donors (Lipinski definition) is 0. The highest BCUT2D eigenvalue weighted by molar-refractivity contribution is 5.67. The fourth-order valence-electron chi connectivity index (χ4n) is 2.08. The summed E-state index contributed by atoms with van der Waals surface area (Å²) >= 11 is 0. The molecule has 1 aliphatic heterocycles. The first-order valence-corrected chi connectivity index (χ1v) is 6.10. The summed E-state index contributed by atoms with van der Waals surface area (Å²) in [4.78, 5) is 10.4. The number of nitriles is 1. The summed E-state index contributed by atoms with van der Waals surface area (Å²) in [5, 5.41) is 8.76. The Balaban J connectivity index is 2.01. The summed E-state index contributed by atoms with van der Waals surface area (Å²) in [7, 11) is 0. The van der Waals surface area contributed by atoms with E-state index in [2.05, 4.69) is 14.9 Å². The first-order valence-electron chi connectivity index (χ1n) is 6.10. The molecule has 2 aromatic rings. The van der Waals surface area contributed by atoms with Crippen molar-refractivity contribution in [1.29, 1.82) is 5.26 Å². The molecule has 5 nitrogen and oxygen atoms in total. The van der Waals surface area contributed by atoms with Gasteiger partial charge in [-0.1, -0.05) is 12.1 Å². The van der Waals surface area contributed by atoms with Crippen LogP contribution in [0, 0.1) is 11.3 Å². The molecule has 2 heterocycles. The predicted octanol–water partition coefficient (Wildman–Crippen LogP) is 2.27. The maximum atomic E-state index is 8.76. The molecule has 19 heavy (non-hydrogen) atoms. The third kappa shape index (κ3) is 2.20. The van der Waals surface area contributed by atoms with Crippen LogP contribution in [-0.2, 0) is 0 Å². The number of fused-ring (bicyclic) bond motifs is 1. The lowest BCUT2D eigenvalue weighted by Gasteiger charge is -2.22. The predicted molar refractivity (Wildman–Crippen MR) is 70.3 cm³/mol. The van der Waals surface area contributed by atoms with E-state index in [1.807, 2.05) is 30.3 Å². The molecule has 0 atom stereocenters. The number of rotatable bonds is 1. The lowest BCUT2D eigenvalue weighted by molar-refractivity contribution is 0.322. The van der Waals surface area contributed by atoms with Crippen LogP contribution in [0.15, 0.2) is 36.7 Å². The van der Waals surface area contributed by atoms with E-state index in [1.165, 1.54) is 6.20 Å². The van der Waals surface area contributed by atoms with Crippen molar-refractivity contribution < 1.29 is 4.74 Å².